The van der Waals surface area contributed by atoms with Crippen molar-refractivity contribution >= 4 is 17.5 Å². The van der Waals surface area contributed by atoms with E-state index in [4.69, 9.17) is 10.5 Å². The zero-order valence-corrected chi connectivity index (χ0v) is 13.0. The van der Waals surface area contributed by atoms with Crippen LogP contribution in [-0.4, -0.2) is 39.4 Å². The molecule has 6 nitrogen and oxygen atoms in total. The van der Waals surface area contributed by atoms with Crippen LogP contribution in [0.1, 0.15) is 39.8 Å². The predicted molar refractivity (Wildman–Crippen MR) is 81.4 cm³/mol. The van der Waals surface area contributed by atoms with Crippen molar-refractivity contribution in [1.29, 1.82) is 0 Å². The van der Waals surface area contributed by atoms with Gasteiger partial charge in [-0.3, -0.25) is 0 Å². The Balaban J connectivity index is 2.10. The van der Waals surface area contributed by atoms with Gasteiger partial charge in [-0.1, -0.05) is 6.08 Å². The molecule has 0 aromatic carbocycles. The second-order valence-corrected chi connectivity index (χ2v) is 6.20. The molecule has 21 heavy (non-hydrogen) atoms. The van der Waals surface area contributed by atoms with E-state index < -0.39 is 5.60 Å². The van der Waals surface area contributed by atoms with E-state index in [0.717, 1.165) is 17.7 Å². The molecule has 0 bridgehead atoms. The van der Waals surface area contributed by atoms with Crippen molar-refractivity contribution < 1.29 is 9.53 Å². The summed E-state index contributed by atoms with van der Waals surface area (Å²) in [5, 5.41) is 7.95. The van der Waals surface area contributed by atoms with Gasteiger partial charge in [-0.05, 0) is 51.8 Å². The highest BCUT2D eigenvalue weighted by Gasteiger charge is 2.28. The van der Waals surface area contributed by atoms with Gasteiger partial charge in [0, 0.05) is 6.54 Å². The van der Waals surface area contributed by atoms with E-state index in [1.807, 2.05) is 39.8 Å². The fourth-order valence-corrected chi connectivity index (χ4v) is 2.21. The molecule has 2 rings (SSSR count). The number of aromatic nitrogens is 2. The lowest BCUT2D eigenvalue weighted by Gasteiger charge is -2.33. The first-order chi connectivity index (χ1) is 9.76. The van der Waals surface area contributed by atoms with Gasteiger partial charge in [-0.25, -0.2) is 4.79 Å². The predicted octanol–water partition coefficient (Wildman–Crippen LogP) is 2.47. The molecule has 2 heterocycles. The molecular weight excluding hydrogens is 268 g/mol. The van der Waals surface area contributed by atoms with Crippen LogP contribution in [0.25, 0.3) is 5.57 Å². The van der Waals surface area contributed by atoms with E-state index >= 15 is 0 Å². The van der Waals surface area contributed by atoms with Gasteiger partial charge in [-0.15, -0.1) is 10.2 Å². The SMILES string of the molecule is CC1C=C(c2ccc(N)nn2)CCN1C(=O)OC(C)(C)C. The molecule has 1 aliphatic rings. The Kier molecular flexibility index (Phi) is 4.16. The van der Waals surface area contributed by atoms with Crippen LogP contribution < -0.4 is 5.73 Å². The van der Waals surface area contributed by atoms with Crippen LogP contribution in [0, 0.1) is 0 Å². The zero-order valence-electron chi connectivity index (χ0n) is 13.0. The molecular formula is C15H22N4O2. The first-order valence-corrected chi connectivity index (χ1v) is 7.06. The molecule has 0 saturated carbocycles. The van der Waals surface area contributed by atoms with Crippen LogP contribution in [0.15, 0.2) is 18.2 Å². The van der Waals surface area contributed by atoms with Crippen LogP contribution >= 0.6 is 0 Å². The summed E-state index contributed by atoms with van der Waals surface area (Å²) < 4.78 is 5.42. The Bertz CT molecular complexity index is 546. The third-order valence-electron chi connectivity index (χ3n) is 3.20. The van der Waals surface area contributed by atoms with Gasteiger partial charge in [-0.2, -0.15) is 0 Å². The minimum Gasteiger partial charge on any atom is -0.444 e. The van der Waals surface area contributed by atoms with Crippen LogP contribution in [0.5, 0.6) is 0 Å². The molecule has 1 unspecified atom stereocenters. The molecule has 0 saturated heterocycles. The van der Waals surface area contributed by atoms with E-state index in [0.29, 0.717) is 12.4 Å². The van der Waals surface area contributed by atoms with Crippen LogP contribution in [0.2, 0.25) is 0 Å². The fraction of sp³-hybridized carbons (Fsp3) is 0.533. The standard InChI is InChI=1S/C15H22N4O2/c1-10-9-11(12-5-6-13(16)18-17-12)7-8-19(10)14(20)21-15(2,3)4/h5-6,9-10H,7-8H2,1-4H3,(H2,16,18). The maximum absolute atomic E-state index is 12.1. The summed E-state index contributed by atoms with van der Waals surface area (Å²) in [6.07, 6.45) is 2.46. The Labute approximate surface area is 125 Å². The molecule has 1 aromatic heterocycles. The molecule has 0 spiro atoms. The van der Waals surface area contributed by atoms with Crippen LogP contribution in [0.3, 0.4) is 0 Å². The van der Waals surface area contributed by atoms with Crippen molar-refractivity contribution in [1.82, 2.24) is 15.1 Å². The van der Waals surface area contributed by atoms with Crippen molar-refractivity contribution in [3.8, 4) is 0 Å². The van der Waals surface area contributed by atoms with Crippen molar-refractivity contribution in [2.24, 2.45) is 0 Å². The largest absolute Gasteiger partial charge is 0.444 e. The molecule has 1 aliphatic heterocycles. The lowest BCUT2D eigenvalue weighted by atomic mass is 10.0. The highest BCUT2D eigenvalue weighted by atomic mass is 16.6. The normalized spacial score (nSPS) is 19.1. The zero-order chi connectivity index (χ0) is 15.6. The van der Waals surface area contributed by atoms with E-state index in [1.54, 1.807) is 11.0 Å². The van der Waals surface area contributed by atoms with E-state index in [2.05, 4.69) is 10.2 Å². The van der Waals surface area contributed by atoms with Crippen molar-refractivity contribution in [2.75, 3.05) is 12.3 Å². The summed E-state index contributed by atoms with van der Waals surface area (Å²) >= 11 is 0. The van der Waals surface area contributed by atoms with Gasteiger partial charge < -0.3 is 15.4 Å². The molecule has 1 amide bonds. The number of anilines is 1. The maximum atomic E-state index is 12.1. The Hall–Kier alpha value is -2.11. The summed E-state index contributed by atoms with van der Waals surface area (Å²) in [4.78, 5) is 13.9. The number of nitrogens with two attached hydrogens (primary N) is 1. The summed E-state index contributed by atoms with van der Waals surface area (Å²) in [7, 11) is 0. The highest BCUT2D eigenvalue weighted by molar-refractivity contribution is 5.72. The number of hydrogen-bond acceptors (Lipinski definition) is 5. The van der Waals surface area contributed by atoms with E-state index in [-0.39, 0.29) is 12.1 Å². The topological polar surface area (TPSA) is 81.3 Å². The summed E-state index contributed by atoms with van der Waals surface area (Å²) in [6, 6.07) is 3.54. The molecule has 1 aromatic rings. The van der Waals surface area contributed by atoms with Crippen LogP contribution in [0.4, 0.5) is 10.6 Å². The fourth-order valence-electron chi connectivity index (χ4n) is 2.21. The van der Waals surface area contributed by atoms with Gasteiger partial charge in [0.05, 0.1) is 11.7 Å². The summed E-state index contributed by atoms with van der Waals surface area (Å²) in [5.41, 5.74) is 6.94. The second-order valence-electron chi connectivity index (χ2n) is 6.20. The average Bonchev–Trinajstić information content (AvgIpc) is 2.37. The number of carbonyl (C=O) groups excluding carboxylic acids is 1. The third kappa shape index (κ3) is 3.93. The number of rotatable bonds is 1. The molecule has 6 heteroatoms. The van der Waals surface area contributed by atoms with Crippen molar-refractivity contribution in [3.05, 3.63) is 23.9 Å². The third-order valence-corrected chi connectivity index (χ3v) is 3.20. The molecule has 0 radical (unpaired) electrons. The monoisotopic (exact) mass is 290 g/mol. The number of ether oxygens (including phenoxy) is 1. The quantitative estimate of drug-likeness (QED) is 0.859. The maximum Gasteiger partial charge on any atom is 0.410 e. The molecule has 2 N–H and O–H groups in total. The second kappa shape index (κ2) is 5.71. The number of nitrogen functional groups attached to an aromatic ring is 1. The van der Waals surface area contributed by atoms with Gasteiger partial charge in [0.1, 0.15) is 11.4 Å². The summed E-state index contributed by atoms with van der Waals surface area (Å²) in [5.74, 6) is 0.401. The number of hydrogen-bond donors (Lipinski definition) is 1. The first kappa shape index (κ1) is 15.3. The molecule has 1 atom stereocenters. The van der Waals surface area contributed by atoms with Gasteiger partial charge in [0.25, 0.3) is 0 Å². The van der Waals surface area contributed by atoms with Crippen molar-refractivity contribution in [2.45, 2.75) is 45.8 Å². The summed E-state index contributed by atoms with van der Waals surface area (Å²) in [6.45, 7) is 8.17. The molecule has 114 valence electrons. The lowest BCUT2D eigenvalue weighted by Crippen LogP contribution is -2.43. The molecule has 0 aliphatic carbocycles. The highest BCUT2D eigenvalue weighted by Crippen LogP contribution is 2.25. The van der Waals surface area contributed by atoms with Crippen LogP contribution in [-0.2, 0) is 4.74 Å². The van der Waals surface area contributed by atoms with Gasteiger partial charge in [0.15, 0.2) is 0 Å². The lowest BCUT2D eigenvalue weighted by molar-refractivity contribution is 0.0209. The van der Waals surface area contributed by atoms with Gasteiger partial charge in [0.2, 0.25) is 0 Å². The van der Waals surface area contributed by atoms with Gasteiger partial charge >= 0.3 is 6.09 Å². The molecule has 0 fully saturated rings. The Morgan fingerprint density at radius 3 is 2.62 bits per heavy atom. The average molecular weight is 290 g/mol. The van der Waals surface area contributed by atoms with E-state index in [1.165, 1.54) is 0 Å². The number of amides is 1. The number of nitrogens with zero attached hydrogens (tertiary/aromatic N) is 3. The van der Waals surface area contributed by atoms with E-state index in [9.17, 15) is 4.79 Å². The minimum atomic E-state index is -0.483. The number of carbonyl (C=O) groups is 1. The van der Waals surface area contributed by atoms with Crippen molar-refractivity contribution in [3.63, 3.8) is 0 Å². The minimum absolute atomic E-state index is 0.0389. The Morgan fingerprint density at radius 1 is 1.38 bits per heavy atom. The first-order valence-electron chi connectivity index (χ1n) is 7.06. The smallest absolute Gasteiger partial charge is 0.410 e. The Morgan fingerprint density at radius 2 is 2.10 bits per heavy atom.